The molecule has 0 aliphatic heterocycles. The number of benzene rings is 2. The average Bonchev–Trinajstić information content (AvgIpc) is 3.05. The summed E-state index contributed by atoms with van der Waals surface area (Å²) < 4.78 is 1.91. The van der Waals surface area contributed by atoms with E-state index < -0.39 is 6.04 Å². The number of aryl methyl sites for hydroxylation is 2. The number of para-hydroxylation sites is 1. The minimum absolute atomic E-state index is 0.0489. The van der Waals surface area contributed by atoms with Gasteiger partial charge in [-0.3, -0.25) is 9.59 Å². The molecule has 32 heavy (non-hydrogen) atoms. The van der Waals surface area contributed by atoms with Gasteiger partial charge in [0.25, 0.3) is 5.91 Å². The van der Waals surface area contributed by atoms with E-state index in [9.17, 15) is 9.59 Å². The number of nitrogens with zero attached hydrogens (tertiary/aromatic N) is 3. The van der Waals surface area contributed by atoms with Crippen molar-refractivity contribution in [3.8, 4) is 5.69 Å². The lowest BCUT2D eigenvalue weighted by Gasteiger charge is -2.27. The summed E-state index contributed by atoms with van der Waals surface area (Å²) in [6, 6.07) is 16.7. The molecule has 6 heteroatoms. The summed E-state index contributed by atoms with van der Waals surface area (Å²) >= 11 is 0. The van der Waals surface area contributed by atoms with E-state index in [0.717, 1.165) is 28.2 Å². The number of rotatable bonds is 7. The Morgan fingerprint density at radius 2 is 1.62 bits per heavy atom. The van der Waals surface area contributed by atoms with Gasteiger partial charge in [-0.2, -0.15) is 5.10 Å². The Kier molecular flexibility index (Phi) is 7.13. The van der Waals surface area contributed by atoms with E-state index in [0.29, 0.717) is 12.1 Å². The predicted octanol–water partition coefficient (Wildman–Crippen LogP) is 4.21. The lowest BCUT2D eigenvalue weighted by molar-refractivity contribution is -0.133. The maximum absolute atomic E-state index is 13.3. The highest BCUT2D eigenvalue weighted by atomic mass is 16.2. The molecule has 1 unspecified atom stereocenters. The average molecular weight is 433 g/mol. The third-order valence-electron chi connectivity index (χ3n) is 5.82. The van der Waals surface area contributed by atoms with E-state index in [2.05, 4.69) is 10.4 Å². The largest absolute Gasteiger partial charge is 0.340 e. The first-order valence-electron chi connectivity index (χ1n) is 10.9. The molecule has 168 valence electrons. The third kappa shape index (κ3) is 4.90. The Bertz CT molecular complexity index is 1100. The van der Waals surface area contributed by atoms with Gasteiger partial charge in [-0.1, -0.05) is 50.2 Å². The highest BCUT2D eigenvalue weighted by molar-refractivity contribution is 5.98. The van der Waals surface area contributed by atoms with Gasteiger partial charge in [0, 0.05) is 30.4 Å². The molecule has 0 bridgehead atoms. The molecule has 0 fully saturated rings. The summed E-state index contributed by atoms with van der Waals surface area (Å²) in [5.41, 5.74) is 5.35. The van der Waals surface area contributed by atoms with E-state index in [1.807, 2.05) is 87.8 Å². The third-order valence-corrected chi connectivity index (χ3v) is 5.82. The molecule has 1 heterocycles. The molecule has 1 N–H and O–H groups in total. The SMILES string of the molecule is Cc1ccccc1C(=O)NC(C(=O)N(C)Cc1c(C)nn(-c2ccccc2)c1C)C(C)C. The molecular weight excluding hydrogens is 400 g/mol. The number of amides is 2. The van der Waals surface area contributed by atoms with Crippen LogP contribution < -0.4 is 5.32 Å². The second kappa shape index (κ2) is 9.81. The summed E-state index contributed by atoms with van der Waals surface area (Å²) in [4.78, 5) is 27.8. The fourth-order valence-electron chi connectivity index (χ4n) is 3.84. The summed E-state index contributed by atoms with van der Waals surface area (Å²) in [5, 5.41) is 7.63. The number of hydrogen-bond donors (Lipinski definition) is 1. The Morgan fingerprint density at radius 1 is 1.00 bits per heavy atom. The molecule has 1 atom stereocenters. The second-order valence-corrected chi connectivity index (χ2v) is 8.60. The van der Waals surface area contributed by atoms with E-state index in [1.165, 1.54) is 0 Å². The van der Waals surface area contributed by atoms with Crippen LogP contribution in [-0.4, -0.2) is 39.6 Å². The minimum atomic E-state index is -0.614. The van der Waals surface area contributed by atoms with E-state index >= 15 is 0 Å². The van der Waals surface area contributed by atoms with Crippen molar-refractivity contribution in [1.29, 1.82) is 0 Å². The zero-order valence-corrected chi connectivity index (χ0v) is 19.7. The first-order chi connectivity index (χ1) is 15.2. The molecule has 1 aromatic heterocycles. The van der Waals surface area contributed by atoms with Crippen LogP contribution in [0.4, 0.5) is 0 Å². The van der Waals surface area contributed by atoms with E-state index in [1.54, 1.807) is 18.0 Å². The number of aromatic nitrogens is 2. The van der Waals surface area contributed by atoms with Crippen LogP contribution in [0.3, 0.4) is 0 Å². The summed E-state index contributed by atoms with van der Waals surface area (Å²) in [6.45, 7) is 10.2. The minimum Gasteiger partial charge on any atom is -0.340 e. The monoisotopic (exact) mass is 432 g/mol. The molecule has 0 spiro atoms. The van der Waals surface area contributed by atoms with Crippen molar-refractivity contribution in [3.05, 3.63) is 82.7 Å². The van der Waals surface area contributed by atoms with Crippen molar-refractivity contribution in [2.24, 2.45) is 5.92 Å². The van der Waals surface area contributed by atoms with Crippen molar-refractivity contribution in [3.63, 3.8) is 0 Å². The molecule has 3 aromatic rings. The maximum atomic E-state index is 13.3. The maximum Gasteiger partial charge on any atom is 0.252 e. The Balaban J connectivity index is 1.78. The van der Waals surface area contributed by atoms with Gasteiger partial charge in [-0.05, 0) is 50.5 Å². The quantitative estimate of drug-likeness (QED) is 0.608. The van der Waals surface area contributed by atoms with Gasteiger partial charge in [-0.15, -0.1) is 0 Å². The van der Waals surface area contributed by atoms with Gasteiger partial charge in [0.1, 0.15) is 6.04 Å². The molecule has 0 aliphatic carbocycles. The molecule has 0 aliphatic rings. The Labute approximate surface area is 190 Å². The van der Waals surface area contributed by atoms with Crippen LogP contribution in [0.15, 0.2) is 54.6 Å². The Hall–Kier alpha value is -3.41. The lowest BCUT2D eigenvalue weighted by atomic mass is 10.0. The normalized spacial score (nSPS) is 12.0. The van der Waals surface area contributed by atoms with Crippen LogP contribution in [0.25, 0.3) is 5.69 Å². The zero-order chi connectivity index (χ0) is 23.4. The Morgan fingerprint density at radius 3 is 2.25 bits per heavy atom. The van der Waals surface area contributed by atoms with Crippen molar-refractivity contribution < 1.29 is 9.59 Å². The highest BCUT2D eigenvalue weighted by Gasteiger charge is 2.28. The standard InChI is InChI=1S/C26H32N4O2/c1-17(2)24(27-25(31)22-15-11-10-12-18(22)3)26(32)29(6)16-23-19(4)28-30(20(23)5)21-13-8-7-9-14-21/h7-15,17,24H,16H2,1-6H3,(H,27,31). The smallest absolute Gasteiger partial charge is 0.252 e. The van der Waals surface area contributed by atoms with Crippen LogP contribution in [0.1, 0.15) is 46.7 Å². The highest BCUT2D eigenvalue weighted by Crippen LogP contribution is 2.20. The molecule has 3 rings (SSSR count). The summed E-state index contributed by atoms with van der Waals surface area (Å²) in [5.74, 6) is -0.395. The topological polar surface area (TPSA) is 67.2 Å². The zero-order valence-electron chi connectivity index (χ0n) is 19.7. The number of carbonyl (C=O) groups is 2. The fraction of sp³-hybridized carbons (Fsp3) is 0.346. The number of nitrogens with one attached hydrogen (secondary N) is 1. The van der Waals surface area contributed by atoms with Gasteiger partial charge in [-0.25, -0.2) is 4.68 Å². The lowest BCUT2D eigenvalue weighted by Crippen LogP contribution is -2.50. The second-order valence-electron chi connectivity index (χ2n) is 8.60. The number of likely N-dealkylation sites (N-methyl/N-ethyl adjacent to an activating group) is 1. The van der Waals surface area contributed by atoms with Crippen LogP contribution in [0, 0.1) is 26.7 Å². The number of hydrogen-bond acceptors (Lipinski definition) is 3. The number of carbonyl (C=O) groups excluding carboxylic acids is 2. The summed E-state index contributed by atoms with van der Waals surface area (Å²) in [7, 11) is 1.77. The van der Waals surface area contributed by atoms with Crippen LogP contribution in [-0.2, 0) is 11.3 Å². The van der Waals surface area contributed by atoms with E-state index in [-0.39, 0.29) is 17.7 Å². The molecule has 2 amide bonds. The first-order valence-corrected chi connectivity index (χ1v) is 10.9. The first kappa shape index (κ1) is 23.3. The predicted molar refractivity (Wildman–Crippen MR) is 127 cm³/mol. The van der Waals surface area contributed by atoms with Gasteiger partial charge in [0.05, 0.1) is 11.4 Å². The molecule has 0 radical (unpaired) electrons. The molecule has 0 saturated heterocycles. The van der Waals surface area contributed by atoms with Crippen LogP contribution in [0.2, 0.25) is 0 Å². The van der Waals surface area contributed by atoms with Gasteiger partial charge >= 0.3 is 0 Å². The molecular formula is C26H32N4O2. The van der Waals surface area contributed by atoms with Gasteiger partial charge < -0.3 is 10.2 Å². The van der Waals surface area contributed by atoms with Crippen LogP contribution >= 0.6 is 0 Å². The summed E-state index contributed by atoms with van der Waals surface area (Å²) in [6.07, 6.45) is 0. The van der Waals surface area contributed by atoms with Gasteiger partial charge in [0.15, 0.2) is 0 Å². The molecule has 0 saturated carbocycles. The van der Waals surface area contributed by atoms with Crippen molar-refractivity contribution >= 4 is 11.8 Å². The molecule has 6 nitrogen and oxygen atoms in total. The fourth-order valence-corrected chi connectivity index (χ4v) is 3.84. The van der Waals surface area contributed by atoms with Crippen molar-refractivity contribution in [2.75, 3.05) is 7.05 Å². The van der Waals surface area contributed by atoms with Crippen molar-refractivity contribution in [1.82, 2.24) is 20.0 Å². The van der Waals surface area contributed by atoms with E-state index in [4.69, 9.17) is 0 Å². The van der Waals surface area contributed by atoms with Crippen molar-refractivity contribution in [2.45, 2.75) is 47.2 Å². The van der Waals surface area contributed by atoms with Gasteiger partial charge in [0.2, 0.25) is 5.91 Å². The molecule has 2 aromatic carbocycles. The van der Waals surface area contributed by atoms with Crippen LogP contribution in [0.5, 0.6) is 0 Å².